The van der Waals surface area contributed by atoms with Crippen LogP contribution in [0.3, 0.4) is 0 Å². The Kier molecular flexibility index (Phi) is 3.16. The van der Waals surface area contributed by atoms with Crippen LogP contribution in [-0.2, 0) is 4.74 Å². The molecule has 1 N–H and O–H groups in total. The molecule has 3 aromatic rings. The summed E-state index contributed by atoms with van der Waals surface area (Å²) < 4.78 is 5.52. The zero-order valence-corrected chi connectivity index (χ0v) is 12.7. The molecule has 0 unspecified atom stereocenters. The van der Waals surface area contributed by atoms with Gasteiger partial charge in [-0.05, 0) is 19.1 Å². The van der Waals surface area contributed by atoms with Crippen LogP contribution in [0.2, 0.25) is 0 Å². The Labute approximate surface area is 127 Å². The van der Waals surface area contributed by atoms with Gasteiger partial charge in [0.2, 0.25) is 0 Å². The number of hydrogen-bond donors (Lipinski definition) is 1. The molecule has 4 heterocycles. The van der Waals surface area contributed by atoms with Gasteiger partial charge in [0, 0.05) is 51.9 Å². The van der Waals surface area contributed by atoms with Crippen LogP contribution >= 0.6 is 11.3 Å². The van der Waals surface area contributed by atoms with E-state index in [2.05, 4.69) is 39.3 Å². The van der Waals surface area contributed by atoms with Gasteiger partial charge in [0.15, 0.2) is 0 Å². The number of hydrogen-bond acceptors (Lipinski definition) is 4. The summed E-state index contributed by atoms with van der Waals surface area (Å²) in [7, 11) is 0. The van der Waals surface area contributed by atoms with E-state index in [1.807, 2.05) is 18.6 Å². The molecule has 1 aliphatic rings. The summed E-state index contributed by atoms with van der Waals surface area (Å²) >= 11 is 1.78. The van der Waals surface area contributed by atoms with Crippen molar-refractivity contribution in [2.24, 2.45) is 0 Å². The van der Waals surface area contributed by atoms with Crippen molar-refractivity contribution in [3.05, 3.63) is 36.1 Å². The van der Waals surface area contributed by atoms with Crippen molar-refractivity contribution >= 4 is 27.9 Å². The lowest BCUT2D eigenvalue weighted by atomic mass is 10.1. The Morgan fingerprint density at radius 1 is 1.43 bits per heavy atom. The van der Waals surface area contributed by atoms with Crippen LogP contribution in [-0.4, -0.2) is 35.8 Å². The number of aromatic amines is 1. The van der Waals surface area contributed by atoms with E-state index in [1.165, 1.54) is 21.5 Å². The molecule has 4 nitrogen and oxygen atoms in total. The van der Waals surface area contributed by atoms with Crippen LogP contribution in [0.25, 0.3) is 21.3 Å². The molecule has 0 bridgehead atoms. The zero-order valence-electron chi connectivity index (χ0n) is 11.9. The minimum absolute atomic E-state index is 0.433. The molecule has 1 fully saturated rings. The highest BCUT2D eigenvalue weighted by Crippen LogP contribution is 2.36. The van der Waals surface area contributed by atoms with Gasteiger partial charge in [-0.3, -0.25) is 4.98 Å². The number of ether oxygens (including phenoxy) is 1. The highest BCUT2D eigenvalue weighted by atomic mass is 32.1. The molecule has 0 saturated carbocycles. The zero-order chi connectivity index (χ0) is 14.2. The number of nitrogens with one attached hydrogen (secondary N) is 1. The fourth-order valence-corrected chi connectivity index (χ4v) is 3.83. The van der Waals surface area contributed by atoms with Gasteiger partial charge in [-0.25, -0.2) is 0 Å². The Morgan fingerprint density at radius 2 is 2.38 bits per heavy atom. The first-order chi connectivity index (χ1) is 10.3. The van der Waals surface area contributed by atoms with Crippen molar-refractivity contribution in [1.82, 2.24) is 9.97 Å². The van der Waals surface area contributed by atoms with Crippen LogP contribution in [0.15, 0.2) is 36.1 Å². The van der Waals surface area contributed by atoms with Crippen molar-refractivity contribution in [2.45, 2.75) is 13.0 Å². The van der Waals surface area contributed by atoms with Crippen LogP contribution in [0.4, 0.5) is 5.69 Å². The molecule has 0 radical (unpaired) electrons. The van der Waals surface area contributed by atoms with E-state index in [0.717, 1.165) is 25.3 Å². The Hall–Kier alpha value is -1.85. The monoisotopic (exact) mass is 299 g/mol. The highest BCUT2D eigenvalue weighted by Gasteiger charge is 2.20. The number of nitrogens with zero attached hydrogens (tertiary/aromatic N) is 2. The molecule has 0 amide bonds. The maximum atomic E-state index is 5.52. The number of anilines is 1. The lowest BCUT2D eigenvalue weighted by Gasteiger charge is -2.34. The number of aromatic nitrogens is 2. The summed E-state index contributed by atoms with van der Waals surface area (Å²) in [5.41, 5.74) is 3.58. The Bertz CT molecular complexity index is 764. The molecule has 3 aromatic heterocycles. The normalized spacial score (nSPS) is 19.3. The summed E-state index contributed by atoms with van der Waals surface area (Å²) in [6.45, 7) is 4.79. The molecule has 1 aliphatic heterocycles. The van der Waals surface area contributed by atoms with E-state index in [1.54, 1.807) is 11.3 Å². The second-order valence-corrected chi connectivity index (χ2v) is 6.32. The van der Waals surface area contributed by atoms with E-state index in [-0.39, 0.29) is 0 Å². The second kappa shape index (κ2) is 5.16. The maximum Gasteiger partial charge on any atom is 0.0668 e. The van der Waals surface area contributed by atoms with Crippen molar-refractivity contribution in [1.29, 1.82) is 0 Å². The van der Waals surface area contributed by atoms with E-state index in [0.29, 0.717) is 6.04 Å². The Morgan fingerprint density at radius 3 is 3.29 bits per heavy atom. The Balaban J connectivity index is 1.72. The van der Waals surface area contributed by atoms with Gasteiger partial charge in [-0.15, -0.1) is 11.3 Å². The average molecular weight is 299 g/mol. The van der Waals surface area contributed by atoms with Crippen molar-refractivity contribution < 1.29 is 4.74 Å². The largest absolute Gasteiger partial charge is 0.377 e. The minimum Gasteiger partial charge on any atom is -0.377 e. The second-order valence-electron chi connectivity index (χ2n) is 5.41. The first-order valence-electron chi connectivity index (χ1n) is 7.17. The quantitative estimate of drug-likeness (QED) is 0.787. The summed E-state index contributed by atoms with van der Waals surface area (Å²) in [6, 6.07) is 4.82. The van der Waals surface area contributed by atoms with Crippen LogP contribution in [0.5, 0.6) is 0 Å². The van der Waals surface area contributed by atoms with Crippen LogP contribution in [0.1, 0.15) is 6.92 Å². The van der Waals surface area contributed by atoms with Crippen LogP contribution in [0, 0.1) is 0 Å². The maximum absolute atomic E-state index is 5.52. The van der Waals surface area contributed by atoms with Gasteiger partial charge >= 0.3 is 0 Å². The molecule has 21 heavy (non-hydrogen) atoms. The van der Waals surface area contributed by atoms with Crippen molar-refractivity contribution in [3.8, 4) is 10.4 Å². The molecule has 4 rings (SSSR count). The standard InChI is InChI=1S/C16H17N3OS/c1-11-9-20-5-4-19(11)12-6-16(21-10-12)14-7-17-8-15-13(14)2-3-18-15/h2-3,6-8,10-11,18H,4-5,9H2,1H3/t11-/m1/s1. The van der Waals surface area contributed by atoms with Gasteiger partial charge in [0.25, 0.3) is 0 Å². The van der Waals surface area contributed by atoms with E-state index in [9.17, 15) is 0 Å². The summed E-state index contributed by atoms with van der Waals surface area (Å²) in [6.07, 6.45) is 5.79. The molecule has 0 spiro atoms. The third-order valence-electron chi connectivity index (χ3n) is 4.03. The minimum atomic E-state index is 0.433. The lowest BCUT2D eigenvalue weighted by Crippen LogP contribution is -2.43. The number of fused-ring (bicyclic) bond motifs is 1. The van der Waals surface area contributed by atoms with Gasteiger partial charge in [0.1, 0.15) is 0 Å². The summed E-state index contributed by atoms with van der Waals surface area (Å²) in [4.78, 5) is 11.3. The number of H-pyrrole nitrogens is 1. The first-order valence-corrected chi connectivity index (χ1v) is 8.05. The summed E-state index contributed by atoms with van der Waals surface area (Å²) in [5, 5.41) is 3.47. The lowest BCUT2D eigenvalue weighted by molar-refractivity contribution is 0.0990. The number of pyridine rings is 1. The SMILES string of the molecule is C[C@@H]1COCCN1c1csc(-c2cncc3[nH]ccc23)c1. The molecule has 1 atom stereocenters. The van der Waals surface area contributed by atoms with Gasteiger partial charge in [-0.1, -0.05) is 0 Å². The fourth-order valence-electron chi connectivity index (χ4n) is 2.90. The summed E-state index contributed by atoms with van der Waals surface area (Å²) in [5.74, 6) is 0. The van der Waals surface area contributed by atoms with E-state index < -0.39 is 0 Å². The highest BCUT2D eigenvalue weighted by molar-refractivity contribution is 7.14. The number of morpholine rings is 1. The van der Waals surface area contributed by atoms with Crippen molar-refractivity contribution in [2.75, 3.05) is 24.7 Å². The first kappa shape index (κ1) is 12.9. The van der Waals surface area contributed by atoms with Gasteiger partial charge in [-0.2, -0.15) is 0 Å². The van der Waals surface area contributed by atoms with Gasteiger partial charge < -0.3 is 14.6 Å². The average Bonchev–Trinajstić information content (AvgIpc) is 3.16. The van der Waals surface area contributed by atoms with Crippen molar-refractivity contribution in [3.63, 3.8) is 0 Å². The molecule has 108 valence electrons. The van der Waals surface area contributed by atoms with E-state index >= 15 is 0 Å². The van der Waals surface area contributed by atoms with E-state index in [4.69, 9.17) is 4.74 Å². The molecule has 0 aromatic carbocycles. The number of thiophene rings is 1. The topological polar surface area (TPSA) is 41.1 Å². The molecule has 0 aliphatic carbocycles. The fraction of sp³-hybridized carbons (Fsp3) is 0.312. The predicted octanol–water partition coefficient (Wildman–Crippen LogP) is 3.52. The van der Waals surface area contributed by atoms with Gasteiger partial charge in [0.05, 0.1) is 24.9 Å². The third-order valence-corrected chi connectivity index (χ3v) is 4.98. The number of rotatable bonds is 2. The molecular weight excluding hydrogens is 282 g/mol. The smallest absolute Gasteiger partial charge is 0.0668 e. The third kappa shape index (κ3) is 2.22. The molecule has 5 heteroatoms. The molecule has 1 saturated heterocycles. The predicted molar refractivity (Wildman–Crippen MR) is 87.0 cm³/mol. The van der Waals surface area contributed by atoms with Crippen LogP contribution < -0.4 is 4.90 Å². The molecular formula is C16H17N3OS.